The molecule has 2 N–H and O–H groups in total. The molecule has 0 unspecified atom stereocenters. The topological polar surface area (TPSA) is 53.1 Å². The minimum absolute atomic E-state index is 0.430. The number of halogens is 1. The first-order chi connectivity index (χ1) is 8.60. The van der Waals surface area contributed by atoms with Crippen molar-refractivity contribution in [1.29, 1.82) is 0 Å². The number of aromatic nitrogens is 2. The summed E-state index contributed by atoms with van der Waals surface area (Å²) < 4.78 is 7.60. The van der Waals surface area contributed by atoms with Crippen molar-refractivity contribution in [3.05, 3.63) is 40.7 Å². The van der Waals surface area contributed by atoms with Crippen molar-refractivity contribution in [1.82, 2.24) is 9.78 Å². The van der Waals surface area contributed by atoms with E-state index in [-0.39, 0.29) is 0 Å². The quantitative estimate of drug-likeness (QED) is 0.865. The third kappa shape index (κ3) is 2.76. The fourth-order valence-electron chi connectivity index (χ4n) is 1.77. The molecule has 0 bridgehead atoms. The number of hydrogen-bond acceptors (Lipinski definition) is 3. The minimum Gasteiger partial charge on any atom is -0.485 e. The van der Waals surface area contributed by atoms with E-state index < -0.39 is 0 Å². The highest BCUT2D eigenvalue weighted by atomic mass is 35.5. The van der Waals surface area contributed by atoms with Gasteiger partial charge in [0.1, 0.15) is 12.4 Å². The van der Waals surface area contributed by atoms with Crippen LogP contribution in [0.4, 0.5) is 5.69 Å². The SMILES string of the molecule is CCn1nc(C)cc1COc1cc(Cl)ccc1N. The Kier molecular flexibility index (Phi) is 3.77. The molecule has 1 heterocycles. The summed E-state index contributed by atoms with van der Waals surface area (Å²) in [6.07, 6.45) is 0. The molecule has 1 aromatic carbocycles. The number of nitrogen functional groups attached to an aromatic ring is 1. The van der Waals surface area contributed by atoms with Crippen LogP contribution in [0.15, 0.2) is 24.3 Å². The van der Waals surface area contributed by atoms with Gasteiger partial charge in [0, 0.05) is 17.6 Å². The van der Waals surface area contributed by atoms with Crippen molar-refractivity contribution in [3.8, 4) is 5.75 Å². The van der Waals surface area contributed by atoms with Crippen LogP contribution in [-0.4, -0.2) is 9.78 Å². The molecule has 96 valence electrons. The van der Waals surface area contributed by atoms with Crippen LogP contribution in [0.1, 0.15) is 18.3 Å². The lowest BCUT2D eigenvalue weighted by atomic mass is 10.3. The van der Waals surface area contributed by atoms with Gasteiger partial charge in [0.05, 0.1) is 17.1 Å². The van der Waals surface area contributed by atoms with Gasteiger partial charge in [-0.2, -0.15) is 5.10 Å². The Labute approximate surface area is 111 Å². The molecule has 0 aliphatic carbocycles. The van der Waals surface area contributed by atoms with E-state index in [1.54, 1.807) is 18.2 Å². The molecule has 0 amide bonds. The van der Waals surface area contributed by atoms with E-state index in [0.29, 0.717) is 23.1 Å². The molecule has 0 aliphatic rings. The predicted molar refractivity (Wildman–Crippen MR) is 72.8 cm³/mol. The fraction of sp³-hybridized carbons (Fsp3) is 0.308. The second-order valence-corrected chi connectivity index (χ2v) is 4.50. The maximum atomic E-state index is 5.91. The standard InChI is InChI=1S/C13H16ClN3O/c1-3-17-11(6-9(2)16-17)8-18-13-7-10(14)4-5-12(13)15/h4-7H,3,8,15H2,1-2H3. The maximum Gasteiger partial charge on any atom is 0.144 e. The summed E-state index contributed by atoms with van der Waals surface area (Å²) >= 11 is 5.91. The molecule has 0 aliphatic heterocycles. The molecular formula is C13H16ClN3O. The summed E-state index contributed by atoms with van der Waals surface area (Å²) in [5.41, 5.74) is 8.41. The lowest BCUT2D eigenvalue weighted by molar-refractivity contribution is 0.294. The number of aryl methyl sites for hydroxylation is 2. The van der Waals surface area contributed by atoms with Crippen molar-refractivity contribution in [3.63, 3.8) is 0 Å². The first-order valence-electron chi connectivity index (χ1n) is 5.81. The van der Waals surface area contributed by atoms with Gasteiger partial charge in [-0.05, 0) is 32.0 Å². The van der Waals surface area contributed by atoms with Gasteiger partial charge in [-0.3, -0.25) is 4.68 Å². The molecule has 2 rings (SSSR count). The number of nitrogens with two attached hydrogens (primary N) is 1. The minimum atomic E-state index is 0.430. The average Bonchev–Trinajstić information content (AvgIpc) is 2.71. The molecule has 0 saturated heterocycles. The lowest BCUT2D eigenvalue weighted by Crippen LogP contribution is -2.06. The Bertz CT molecular complexity index is 551. The third-order valence-corrected chi connectivity index (χ3v) is 2.87. The van der Waals surface area contributed by atoms with Crippen molar-refractivity contribution in [2.75, 3.05) is 5.73 Å². The number of ether oxygens (including phenoxy) is 1. The number of hydrogen-bond donors (Lipinski definition) is 1. The highest BCUT2D eigenvalue weighted by Crippen LogP contribution is 2.26. The lowest BCUT2D eigenvalue weighted by Gasteiger charge is -2.10. The smallest absolute Gasteiger partial charge is 0.144 e. The molecule has 0 saturated carbocycles. The normalized spacial score (nSPS) is 10.6. The highest BCUT2D eigenvalue weighted by molar-refractivity contribution is 6.30. The molecule has 4 nitrogen and oxygen atoms in total. The van der Waals surface area contributed by atoms with Crippen LogP contribution in [-0.2, 0) is 13.2 Å². The zero-order valence-electron chi connectivity index (χ0n) is 10.5. The predicted octanol–water partition coefficient (Wildman–Crippen LogP) is 3.03. The molecular weight excluding hydrogens is 250 g/mol. The van der Waals surface area contributed by atoms with Gasteiger partial charge in [0.2, 0.25) is 0 Å². The summed E-state index contributed by atoms with van der Waals surface area (Å²) in [5.74, 6) is 0.601. The molecule has 2 aromatic rings. The first kappa shape index (κ1) is 12.8. The van der Waals surface area contributed by atoms with Gasteiger partial charge in [-0.15, -0.1) is 0 Å². The van der Waals surface area contributed by atoms with Gasteiger partial charge < -0.3 is 10.5 Å². The van der Waals surface area contributed by atoms with Crippen LogP contribution in [0.3, 0.4) is 0 Å². The number of nitrogens with zero attached hydrogens (tertiary/aromatic N) is 2. The molecule has 18 heavy (non-hydrogen) atoms. The zero-order valence-corrected chi connectivity index (χ0v) is 11.2. The molecule has 1 aromatic heterocycles. The number of benzene rings is 1. The van der Waals surface area contributed by atoms with Crippen molar-refractivity contribution < 1.29 is 4.74 Å². The summed E-state index contributed by atoms with van der Waals surface area (Å²) in [5, 5.41) is 4.97. The highest BCUT2D eigenvalue weighted by Gasteiger charge is 2.07. The van der Waals surface area contributed by atoms with Crippen LogP contribution in [0, 0.1) is 6.92 Å². The Morgan fingerprint density at radius 1 is 1.39 bits per heavy atom. The zero-order chi connectivity index (χ0) is 13.1. The Balaban J connectivity index is 2.13. The van der Waals surface area contributed by atoms with Crippen molar-refractivity contribution in [2.45, 2.75) is 27.0 Å². The molecule has 0 atom stereocenters. The third-order valence-electron chi connectivity index (χ3n) is 2.64. The van der Waals surface area contributed by atoms with Gasteiger partial charge in [-0.1, -0.05) is 11.6 Å². The van der Waals surface area contributed by atoms with E-state index in [1.165, 1.54) is 0 Å². The molecule has 0 fully saturated rings. The fourth-order valence-corrected chi connectivity index (χ4v) is 1.94. The van der Waals surface area contributed by atoms with Crippen LogP contribution in [0.25, 0.3) is 0 Å². The average molecular weight is 266 g/mol. The second kappa shape index (κ2) is 5.31. The number of anilines is 1. The van der Waals surface area contributed by atoms with E-state index in [1.807, 2.05) is 24.6 Å². The Morgan fingerprint density at radius 2 is 2.17 bits per heavy atom. The molecule has 0 spiro atoms. The first-order valence-corrected chi connectivity index (χ1v) is 6.19. The Hall–Kier alpha value is -1.68. The summed E-state index contributed by atoms with van der Waals surface area (Å²) in [4.78, 5) is 0. The Morgan fingerprint density at radius 3 is 2.89 bits per heavy atom. The largest absolute Gasteiger partial charge is 0.485 e. The van der Waals surface area contributed by atoms with Gasteiger partial charge >= 0.3 is 0 Å². The monoisotopic (exact) mass is 265 g/mol. The van der Waals surface area contributed by atoms with Gasteiger partial charge in [0.15, 0.2) is 0 Å². The van der Waals surface area contributed by atoms with Crippen molar-refractivity contribution >= 4 is 17.3 Å². The number of rotatable bonds is 4. The van der Waals surface area contributed by atoms with Crippen LogP contribution < -0.4 is 10.5 Å². The maximum absolute atomic E-state index is 5.91. The van der Waals surface area contributed by atoms with E-state index in [2.05, 4.69) is 5.10 Å². The van der Waals surface area contributed by atoms with E-state index in [9.17, 15) is 0 Å². The van der Waals surface area contributed by atoms with Crippen molar-refractivity contribution in [2.24, 2.45) is 0 Å². The van der Waals surface area contributed by atoms with E-state index in [0.717, 1.165) is 17.9 Å². The summed E-state index contributed by atoms with van der Waals surface area (Å²) in [7, 11) is 0. The van der Waals surface area contributed by atoms with Crippen LogP contribution in [0.5, 0.6) is 5.75 Å². The van der Waals surface area contributed by atoms with Gasteiger partial charge in [-0.25, -0.2) is 0 Å². The second-order valence-electron chi connectivity index (χ2n) is 4.06. The van der Waals surface area contributed by atoms with E-state index in [4.69, 9.17) is 22.1 Å². The van der Waals surface area contributed by atoms with Crippen LogP contribution >= 0.6 is 11.6 Å². The van der Waals surface area contributed by atoms with Gasteiger partial charge in [0.25, 0.3) is 0 Å². The molecule has 0 radical (unpaired) electrons. The van der Waals surface area contributed by atoms with Crippen LogP contribution in [0.2, 0.25) is 5.02 Å². The summed E-state index contributed by atoms with van der Waals surface area (Å²) in [6, 6.07) is 7.20. The summed E-state index contributed by atoms with van der Waals surface area (Å²) in [6.45, 7) is 5.25. The van der Waals surface area contributed by atoms with E-state index >= 15 is 0 Å². The molecule has 5 heteroatoms.